The van der Waals surface area contributed by atoms with Gasteiger partial charge in [0, 0.05) is 12.1 Å². The summed E-state index contributed by atoms with van der Waals surface area (Å²) in [4.78, 5) is 33.9. The highest BCUT2D eigenvalue weighted by Gasteiger charge is 2.19. The first-order valence-electron chi connectivity index (χ1n) is 5.38. The van der Waals surface area contributed by atoms with E-state index in [1.807, 2.05) is 0 Å². The molecule has 19 heavy (non-hydrogen) atoms. The van der Waals surface area contributed by atoms with Crippen molar-refractivity contribution in [2.45, 2.75) is 6.42 Å². The molecule has 0 heterocycles. The predicted molar refractivity (Wildman–Crippen MR) is 62.2 cm³/mol. The molecular formula is C12H12FNO5. The summed E-state index contributed by atoms with van der Waals surface area (Å²) in [5, 5.41) is 17.2. The third-order valence-electron chi connectivity index (χ3n) is 2.28. The van der Waals surface area contributed by atoms with Gasteiger partial charge in [-0.05, 0) is 18.2 Å². The molecule has 0 fully saturated rings. The number of nitrogens with zero attached hydrogens (tertiary/aromatic N) is 1. The topological polar surface area (TPSA) is 94.9 Å². The Morgan fingerprint density at radius 2 is 1.84 bits per heavy atom. The molecule has 0 aliphatic carbocycles. The van der Waals surface area contributed by atoms with Crippen molar-refractivity contribution < 1.29 is 29.0 Å². The van der Waals surface area contributed by atoms with Gasteiger partial charge in [0.25, 0.3) is 5.91 Å². The number of halogens is 1. The zero-order valence-electron chi connectivity index (χ0n) is 9.88. The van der Waals surface area contributed by atoms with E-state index in [1.54, 1.807) is 0 Å². The van der Waals surface area contributed by atoms with Gasteiger partial charge in [-0.25, -0.2) is 4.39 Å². The highest BCUT2D eigenvalue weighted by Crippen LogP contribution is 2.08. The van der Waals surface area contributed by atoms with Gasteiger partial charge in [0.1, 0.15) is 12.4 Å². The third kappa shape index (κ3) is 4.74. The normalized spacial score (nSPS) is 9.95. The predicted octanol–water partition coefficient (Wildman–Crippen LogP) is 0.827. The van der Waals surface area contributed by atoms with E-state index < -0.39 is 30.2 Å². The maximum Gasteiger partial charge on any atom is 0.323 e. The van der Waals surface area contributed by atoms with Crippen molar-refractivity contribution in [2.24, 2.45) is 0 Å². The summed E-state index contributed by atoms with van der Waals surface area (Å²) in [5.74, 6) is -3.76. The Balaban J connectivity index is 2.86. The van der Waals surface area contributed by atoms with Crippen LogP contribution in [0.15, 0.2) is 24.3 Å². The van der Waals surface area contributed by atoms with E-state index in [9.17, 15) is 18.8 Å². The molecule has 1 aromatic rings. The van der Waals surface area contributed by atoms with Gasteiger partial charge >= 0.3 is 11.9 Å². The van der Waals surface area contributed by atoms with Crippen molar-refractivity contribution in [1.82, 2.24) is 4.90 Å². The monoisotopic (exact) mass is 269 g/mol. The SMILES string of the molecule is O=C(O)CCN(CC(=O)O)C(=O)c1cccc(F)c1. The smallest absolute Gasteiger partial charge is 0.323 e. The second-order valence-corrected chi connectivity index (χ2v) is 3.77. The molecule has 0 aliphatic rings. The number of carboxylic acids is 2. The number of hydrogen-bond donors (Lipinski definition) is 2. The summed E-state index contributed by atoms with van der Waals surface area (Å²) in [6.45, 7) is -0.889. The van der Waals surface area contributed by atoms with Crippen LogP contribution in [0.25, 0.3) is 0 Å². The Labute approximate surface area is 108 Å². The zero-order chi connectivity index (χ0) is 14.4. The van der Waals surface area contributed by atoms with Crippen LogP contribution in [0.1, 0.15) is 16.8 Å². The van der Waals surface area contributed by atoms with Gasteiger partial charge < -0.3 is 15.1 Å². The van der Waals surface area contributed by atoms with E-state index in [4.69, 9.17) is 10.2 Å². The number of carbonyl (C=O) groups is 3. The summed E-state index contributed by atoms with van der Waals surface area (Å²) in [7, 11) is 0. The molecule has 2 N–H and O–H groups in total. The van der Waals surface area contributed by atoms with E-state index >= 15 is 0 Å². The van der Waals surface area contributed by atoms with Crippen molar-refractivity contribution in [3.63, 3.8) is 0 Å². The van der Waals surface area contributed by atoms with Crippen LogP contribution in [0.5, 0.6) is 0 Å². The van der Waals surface area contributed by atoms with Gasteiger partial charge in [-0.1, -0.05) is 6.07 Å². The fourth-order valence-corrected chi connectivity index (χ4v) is 1.45. The molecule has 1 rings (SSSR count). The van der Waals surface area contributed by atoms with E-state index in [-0.39, 0.29) is 18.5 Å². The van der Waals surface area contributed by atoms with Gasteiger partial charge in [0.15, 0.2) is 0 Å². The lowest BCUT2D eigenvalue weighted by Gasteiger charge is -2.19. The molecular weight excluding hydrogens is 257 g/mol. The van der Waals surface area contributed by atoms with Crippen molar-refractivity contribution in [1.29, 1.82) is 0 Å². The van der Waals surface area contributed by atoms with Crippen LogP contribution < -0.4 is 0 Å². The Kier molecular flexibility index (Phi) is 4.99. The number of hydrogen-bond acceptors (Lipinski definition) is 3. The molecule has 0 unspecified atom stereocenters. The number of carboxylic acid groups (broad SMARTS) is 2. The number of benzene rings is 1. The van der Waals surface area contributed by atoms with Crippen LogP contribution in [0, 0.1) is 5.82 Å². The van der Waals surface area contributed by atoms with Crippen molar-refractivity contribution in [2.75, 3.05) is 13.1 Å². The maximum atomic E-state index is 13.0. The fourth-order valence-electron chi connectivity index (χ4n) is 1.45. The first-order chi connectivity index (χ1) is 8.90. The Morgan fingerprint density at radius 1 is 1.16 bits per heavy atom. The molecule has 0 saturated heterocycles. The summed E-state index contributed by atoms with van der Waals surface area (Å²) >= 11 is 0. The van der Waals surface area contributed by atoms with Crippen LogP contribution in [0.2, 0.25) is 0 Å². The van der Waals surface area contributed by atoms with Gasteiger partial charge in [-0.2, -0.15) is 0 Å². The number of aliphatic carboxylic acids is 2. The highest BCUT2D eigenvalue weighted by molar-refractivity contribution is 5.96. The summed E-state index contributed by atoms with van der Waals surface area (Å²) in [5.41, 5.74) is -0.0216. The molecule has 0 bridgehead atoms. The van der Waals surface area contributed by atoms with E-state index in [2.05, 4.69) is 0 Å². The molecule has 0 atom stereocenters. The average molecular weight is 269 g/mol. The Hall–Kier alpha value is -2.44. The van der Waals surface area contributed by atoms with Crippen molar-refractivity contribution in [3.05, 3.63) is 35.6 Å². The van der Waals surface area contributed by atoms with Crippen LogP contribution in [0.4, 0.5) is 4.39 Å². The second-order valence-electron chi connectivity index (χ2n) is 3.77. The van der Waals surface area contributed by atoms with E-state index in [0.717, 1.165) is 17.0 Å². The Bertz CT molecular complexity index is 503. The van der Waals surface area contributed by atoms with E-state index in [1.165, 1.54) is 12.1 Å². The van der Waals surface area contributed by atoms with Crippen LogP contribution in [-0.2, 0) is 9.59 Å². The molecule has 0 radical (unpaired) electrons. The number of rotatable bonds is 6. The zero-order valence-corrected chi connectivity index (χ0v) is 9.88. The quantitative estimate of drug-likeness (QED) is 0.797. The van der Waals surface area contributed by atoms with Crippen LogP contribution in [-0.4, -0.2) is 46.0 Å². The summed E-state index contributed by atoms with van der Waals surface area (Å²) < 4.78 is 13.0. The maximum absolute atomic E-state index is 13.0. The second kappa shape index (κ2) is 6.48. The first-order valence-corrected chi connectivity index (χ1v) is 5.38. The molecule has 1 aromatic carbocycles. The van der Waals surface area contributed by atoms with Gasteiger partial charge in [-0.3, -0.25) is 14.4 Å². The number of amides is 1. The largest absolute Gasteiger partial charge is 0.481 e. The molecule has 102 valence electrons. The minimum Gasteiger partial charge on any atom is -0.481 e. The standard InChI is InChI=1S/C12H12FNO5/c13-9-3-1-2-8(6-9)12(19)14(7-11(17)18)5-4-10(15)16/h1-3,6H,4-5,7H2,(H,15,16)(H,17,18). The van der Waals surface area contributed by atoms with Crippen molar-refractivity contribution >= 4 is 17.8 Å². The Morgan fingerprint density at radius 3 is 2.37 bits per heavy atom. The highest BCUT2D eigenvalue weighted by atomic mass is 19.1. The minimum absolute atomic E-state index is 0.0216. The molecule has 0 saturated carbocycles. The van der Waals surface area contributed by atoms with Crippen LogP contribution in [0.3, 0.4) is 0 Å². The fraction of sp³-hybridized carbons (Fsp3) is 0.250. The lowest BCUT2D eigenvalue weighted by atomic mass is 10.2. The first kappa shape index (κ1) is 14.6. The molecule has 6 nitrogen and oxygen atoms in total. The van der Waals surface area contributed by atoms with Crippen molar-refractivity contribution in [3.8, 4) is 0 Å². The molecule has 1 amide bonds. The van der Waals surface area contributed by atoms with Crippen LogP contribution >= 0.6 is 0 Å². The lowest BCUT2D eigenvalue weighted by Crippen LogP contribution is -2.37. The molecule has 0 aromatic heterocycles. The molecule has 7 heteroatoms. The van der Waals surface area contributed by atoms with Gasteiger partial charge in [0.05, 0.1) is 6.42 Å². The lowest BCUT2D eigenvalue weighted by molar-refractivity contribution is -0.140. The molecule has 0 aliphatic heterocycles. The average Bonchev–Trinajstić information content (AvgIpc) is 2.33. The minimum atomic E-state index is -1.27. The molecule has 0 spiro atoms. The summed E-state index contributed by atoms with van der Waals surface area (Å²) in [6, 6.07) is 4.77. The van der Waals surface area contributed by atoms with Gasteiger partial charge in [0.2, 0.25) is 0 Å². The van der Waals surface area contributed by atoms with Gasteiger partial charge in [-0.15, -0.1) is 0 Å². The number of carbonyl (C=O) groups excluding carboxylic acids is 1. The summed E-state index contributed by atoms with van der Waals surface area (Å²) in [6.07, 6.45) is -0.381. The third-order valence-corrected chi connectivity index (χ3v) is 2.28. The van der Waals surface area contributed by atoms with E-state index in [0.29, 0.717) is 0 Å².